The van der Waals surface area contributed by atoms with E-state index in [-0.39, 0.29) is 20.0 Å². The van der Waals surface area contributed by atoms with Crippen molar-refractivity contribution in [2.24, 2.45) is 11.8 Å². The van der Waals surface area contributed by atoms with Crippen LogP contribution < -0.4 is 4.74 Å². The molecule has 0 bridgehead atoms. The Kier molecular flexibility index (Phi) is 5.79. The average molecular weight is 340 g/mol. The molecule has 2 aromatic rings. The summed E-state index contributed by atoms with van der Waals surface area (Å²) >= 11 is 0. The van der Waals surface area contributed by atoms with E-state index in [9.17, 15) is 13.2 Å². The molecular formula is C20H27F3O. The molecule has 0 aliphatic heterocycles. The fraction of sp³-hybridized carbons (Fsp3) is 0.500. The van der Waals surface area contributed by atoms with Gasteiger partial charge in [-0.3, -0.25) is 0 Å². The van der Waals surface area contributed by atoms with Crippen molar-refractivity contribution in [1.82, 2.24) is 0 Å². The van der Waals surface area contributed by atoms with Gasteiger partial charge in [-0.05, 0) is 48.6 Å². The molecule has 3 rings (SSSR count). The number of ether oxygens (including phenoxy) is 1. The molecule has 1 aliphatic carbocycles. The van der Waals surface area contributed by atoms with Crippen molar-refractivity contribution in [3.63, 3.8) is 0 Å². The Labute approximate surface area is 143 Å². The van der Waals surface area contributed by atoms with Crippen molar-refractivity contribution >= 4 is 10.8 Å². The number of hydrogen-bond acceptors (Lipinski definition) is 1. The van der Waals surface area contributed by atoms with Crippen LogP contribution in [0.15, 0.2) is 18.2 Å². The number of rotatable bonds is 3. The van der Waals surface area contributed by atoms with Crippen LogP contribution in [0.3, 0.4) is 0 Å². The molecule has 0 heterocycles. The van der Waals surface area contributed by atoms with Gasteiger partial charge in [0.25, 0.3) is 0 Å². The summed E-state index contributed by atoms with van der Waals surface area (Å²) in [5, 5.41) is 0.0145. The predicted octanol–water partition coefficient (Wildman–Crippen LogP) is 6.65. The minimum atomic E-state index is -1.17. The van der Waals surface area contributed by atoms with E-state index in [0.29, 0.717) is 23.5 Å². The fourth-order valence-electron chi connectivity index (χ4n) is 3.27. The van der Waals surface area contributed by atoms with Crippen molar-refractivity contribution in [1.29, 1.82) is 0 Å². The average Bonchev–Trinajstić information content (AvgIpc) is 2.54. The maximum Gasteiger partial charge on any atom is 0.201 e. The predicted molar refractivity (Wildman–Crippen MR) is 94.0 cm³/mol. The molecule has 4 heteroatoms. The van der Waals surface area contributed by atoms with Crippen molar-refractivity contribution in [2.75, 3.05) is 6.61 Å². The minimum Gasteiger partial charge on any atom is -0.490 e. The van der Waals surface area contributed by atoms with Gasteiger partial charge in [0.2, 0.25) is 5.82 Å². The highest BCUT2D eigenvalue weighted by Gasteiger charge is 2.22. The van der Waals surface area contributed by atoms with E-state index in [0.717, 1.165) is 31.6 Å². The number of halogens is 3. The quantitative estimate of drug-likeness (QED) is 0.607. The summed E-state index contributed by atoms with van der Waals surface area (Å²) < 4.78 is 48.0. The summed E-state index contributed by atoms with van der Waals surface area (Å²) in [6.45, 7) is 4.13. The second-order valence-corrected chi connectivity index (χ2v) is 6.73. The largest absolute Gasteiger partial charge is 0.490 e. The molecule has 0 saturated heterocycles. The molecule has 2 aromatic carbocycles. The third-order valence-corrected chi connectivity index (χ3v) is 4.89. The van der Waals surface area contributed by atoms with Crippen LogP contribution in [0.25, 0.3) is 10.8 Å². The molecule has 134 valence electrons. The Hall–Kier alpha value is -1.71. The van der Waals surface area contributed by atoms with Crippen molar-refractivity contribution in [2.45, 2.75) is 47.0 Å². The molecule has 0 spiro atoms. The molecule has 1 fully saturated rings. The molecule has 0 aromatic heterocycles. The standard InChI is InChI=1S/C19H21F3O.CH4.H2/c1-11-3-6-13(7-4-11)10-23-15-9-14-8-5-12(2)17(20)16(14)19(22)18(15)21;;/h5,8-9,11,13H,3-4,6-7,10H2,1-2H3;1H4;1H. The Morgan fingerprint density at radius 3 is 2.38 bits per heavy atom. The molecule has 0 amide bonds. The van der Waals surface area contributed by atoms with Crippen LogP contribution in [0.1, 0.15) is 47.0 Å². The third-order valence-electron chi connectivity index (χ3n) is 4.89. The summed E-state index contributed by atoms with van der Waals surface area (Å²) in [7, 11) is 0. The lowest BCUT2D eigenvalue weighted by Gasteiger charge is -2.26. The Morgan fingerprint density at radius 2 is 1.71 bits per heavy atom. The van der Waals surface area contributed by atoms with Gasteiger partial charge in [-0.25, -0.2) is 8.78 Å². The molecule has 0 radical (unpaired) electrons. The lowest BCUT2D eigenvalue weighted by molar-refractivity contribution is 0.182. The fourth-order valence-corrected chi connectivity index (χ4v) is 3.27. The maximum atomic E-state index is 14.2. The first-order valence-corrected chi connectivity index (χ1v) is 8.17. The van der Waals surface area contributed by atoms with E-state index in [2.05, 4.69) is 6.92 Å². The van der Waals surface area contributed by atoms with Crippen LogP contribution >= 0.6 is 0 Å². The van der Waals surface area contributed by atoms with Crippen molar-refractivity contribution in [3.05, 3.63) is 41.2 Å². The monoisotopic (exact) mass is 340 g/mol. The van der Waals surface area contributed by atoms with Gasteiger partial charge in [-0.2, -0.15) is 4.39 Å². The smallest absolute Gasteiger partial charge is 0.201 e. The van der Waals surface area contributed by atoms with Crippen LogP contribution in [0.4, 0.5) is 13.2 Å². The van der Waals surface area contributed by atoms with Crippen molar-refractivity contribution in [3.8, 4) is 5.75 Å². The molecule has 0 atom stereocenters. The first-order valence-electron chi connectivity index (χ1n) is 8.17. The third kappa shape index (κ3) is 3.52. The van der Waals surface area contributed by atoms with Gasteiger partial charge in [0.05, 0.1) is 12.0 Å². The van der Waals surface area contributed by atoms with Gasteiger partial charge in [0.1, 0.15) is 5.82 Å². The summed E-state index contributed by atoms with van der Waals surface area (Å²) in [5.74, 6) is -2.02. The molecule has 1 nitrogen and oxygen atoms in total. The molecule has 0 N–H and O–H groups in total. The van der Waals surface area contributed by atoms with E-state index in [1.807, 2.05) is 0 Å². The summed E-state index contributed by atoms with van der Waals surface area (Å²) in [4.78, 5) is 0. The summed E-state index contributed by atoms with van der Waals surface area (Å²) in [5.41, 5.74) is 0.292. The topological polar surface area (TPSA) is 9.23 Å². The molecule has 24 heavy (non-hydrogen) atoms. The van der Waals surface area contributed by atoms with Gasteiger partial charge in [-0.1, -0.05) is 39.3 Å². The van der Waals surface area contributed by atoms with E-state index in [1.165, 1.54) is 13.0 Å². The highest BCUT2D eigenvalue weighted by molar-refractivity contribution is 5.86. The van der Waals surface area contributed by atoms with Gasteiger partial charge >= 0.3 is 0 Å². The van der Waals surface area contributed by atoms with Crippen LogP contribution in [0.2, 0.25) is 0 Å². The number of hydrogen-bond donors (Lipinski definition) is 0. The highest BCUT2D eigenvalue weighted by Crippen LogP contribution is 2.33. The summed E-state index contributed by atoms with van der Waals surface area (Å²) in [6.07, 6.45) is 4.39. The molecular weight excluding hydrogens is 313 g/mol. The normalized spacial score (nSPS) is 20.7. The van der Waals surface area contributed by atoms with Gasteiger partial charge < -0.3 is 4.74 Å². The molecule has 1 aliphatic rings. The Bertz CT molecular complexity index is 725. The first-order chi connectivity index (χ1) is 11.0. The molecule has 0 unspecified atom stereocenters. The lowest BCUT2D eigenvalue weighted by Crippen LogP contribution is -2.19. The van der Waals surface area contributed by atoms with Crippen LogP contribution in [-0.4, -0.2) is 6.61 Å². The van der Waals surface area contributed by atoms with E-state index < -0.39 is 17.5 Å². The van der Waals surface area contributed by atoms with Gasteiger partial charge in [0.15, 0.2) is 11.6 Å². The SMILES string of the molecule is C.Cc1ccc2cc(OCC3CCC(C)CC3)c(F)c(F)c2c1F.[HH]. The maximum absolute atomic E-state index is 14.2. The minimum absolute atomic E-state index is 0. The van der Waals surface area contributed by atoms with Crippen LogP contribution in [0.5, 0.6) is 5.75 Å². The Balaban J connectivity index is 0.00000156. The van der Waals surface area contributed by atoms with Crippen LogP contribution in [0, 0.1) is 36.2 Å². The van der Waals surface area contributed by atoms with E-state index in [4.69, 9.17) is 4.74 Å². The van der Waals surface area contributed by atoms with Crippen LogP contribution in [-0.2, 0) is 0 Å². The zero-order chi connectivity index (χ0) is 16.6. The van der Waals surface area contributed by atoms with Crippen molar-refractivity contribution < 1.29 is 19.3 Å². The highest BCUT2D eigenvalue weighted by atomic mass is 19.2. The Morgan fingerprint density at radius 1 is 1.04 bits per heavy atom. The number of fused-ring (bicyclic) bond motifs is 1. The second kappa shape index (κ2) is 7.45. The van der Waals surface area contributed by atoms with Gasteiger partial charge in [-0.15, -0.1) is 0 Å². The zero-order valence-electron chi connectivity index (χ0n) is 13.5. The first kappa shape index (κ1) is 18.6. The van der Waals surface area contributed by atoms with Gasteiger partial charge in [0, 0.05) is 1.43 Å². The molecule has 1 saturated carbocycles. The van der Waals surface area contributed by atoms with E-state index in [1.54, 1.807) is 12.1 Å². The summed E-state index contributed by atoms with van der Waals surface area (Å²) in [6, 6.07) is 4.54. The van der Waals surface area contributed by atoms with E-state index >= 15 is 0 Å². The second-order valence-electron chi connectivity index (χ2n) is 6.73. The number of aryl methyl sites for hydroxylation is 1. The number of benzene rings is 2. The lowest BCUT2D eigenvalue weighted by atomic mass is 9.83. The zero-order valence-corrected chi connectivity index (χ0v) is 13.5.